The Kier molecular flexibility index (Phi) is 8.61. The van der Waals surface area contributed by atoms with E-state index in [1.54, 1.807) is 0 Å². The lowest BCUT2D eigenvalue weighted by Crippen LogP contribution is -2.44. The quantitative estimate of drug-likeness (QED) is 0.844. The van der Waals surface area contributed by atoms with E-state index >= 15 is 0 Å². The SMILES string of the molecule is CCC1CCCCCN1C(=O)C(C)CNC.Cl. The number of rotatable bonds is 4. The van der Waals surface area contributed by atoms with E-state index in [1.807, 2.05) is 14.0 Å². The van der Waals surface area contributed by atoms with Crippen LogP contribution < -0.4 is 5.32 Å². The number of nitrogens with one attached hydrogen (secondary N) is 1. The molecule has 0 bridgehead atoms. The van der Waals surface area contributed by atoms with Crippen LogP contribution in [0.2, 0.25) is 0 Å². The molecule has 2 unspecified atom stereocenters. The van der Waals surface area contributed by atoms with Gasteiger partial charge < -0.3 is 10.2 Å². The fourth-order valence-corrected chi connectivity index (χ4v) is 2.57. The third kappa shape index (κ3) is 4.84. The molecule has 4 heteroatoms. The first-order chi connectivity index (χ1) is 7.70. The van der Waals surface area contributed by atoms with Crippen molar-refractivity contribution in [3.05, 3.63) is 0 Å². The number of nitrogens with zero attached hydrogens (tertiary/aromatic N) is 1. The average Bonchev–Trinajstić information content (AvgIpc) is 2.53. The molecule has 0 aromatic carbocycles. The smallest absolute Gasteiger partial charge is 0.226 e. The van der Waals surface area contributed by atoms with Crippen LogP contribution in [-0.4, -0.2) is 37.0 Å². The second kappa shape index (κ2) is 8.76. The van der Waals surface area contributed by atoms with Crippen LogP contribution in [0.3, 0.4) is 0 Å². The molecule has 17 heavy (non-hydrogen) atoms. The number of amides is 1. The van der Waals surface area contributed by atoms with E-state index in [4.69, 9.17) is 0 Å². The predicted molar refractivity (Wildman–Crippen MR) is 74.6 cm³/mol. The van der Waals surface area contributed by atoms with Crippen LogP contribution in [0.15, 0.2) is 0 Å². The number of likely N-dealkylation sites (tertiary alicyclic amines) is 1. The van der Waals surface area contributed by atoms with E-state index in [1.165, 1.54) is 25.7 Å². The van der Waals surface area contributed by atoms with Gasteiger partial charge in [-0.3, -0.25) is 4.79 Å². The molecule has 1 N–H and O–H groups in total. The fourth-order valence-electron chi connectivity index (χ4n) is 2.57. The molecular weight excluding hydrogens is 236 g/mol. The van der Waals surface area contributed by atoms with Crippen LogP contribution in [0.5, 0.6) is 0 Å². The number of halogens is 1. The summed E-state index contributed by atoms with van der Waals surface area (Å²) in [6, 6.07) is 0.481. The van der Waals surface area contributed by atoms with Crippen molar-refractivity contribution in [2.24, 2.45) is 5.92 Å². The van der Waals surface area contributed by atoms with Gasteiger partial charge in [-0.15, -0.1) is 12.4 Å². The normalized spacial score (nSPS) is 22.5. The molecule has 2 atom stereocenters. The van der Waals surface area contributed by atoms with Gasteiger partial charge >= 0.3 is 0 Å². The predicted octanol–water partition coefficient (Wildman–Crippen LogP) is 2.44. The summed E-state index contributed by atoms with van der Waals surface area (Å²) in [6.07, 6.45) is 6.02. The third-order valence-corrected chi connectivity index (χ3v) is 3.56. The van der Waals surface area contributed by atoms with Gasteiger partial charge in [0.15, 0.2) is 0 Å². The Morgan fingerprint density at radius 3 is 2.71 bits per heavy atom. The monoisotopic (exact) mass is 262 g/mol. The Bertz CT molecular complexity index is 223. The zero-order valence-electron chi connectivity index (χ0n) is 11.4. The Morgan fingerprint density at radius 1 is 1.41 bits per heavy atom. The van der Waals surface area contributed by atoms with Gasteiger partial charge in [-0.2, -0.15) is 0 Å². The molecule has 0 aromatic heterocycles. The van der Waals surface area contributed by atoms with Crippen LogP contribution in [-0.2, 0) is 4.79 Å². The molecule has 1 rings (SSSR count). The summed E-state index contributed by atoms with van der Waals surface area (Å²) in [5, 5.41) is 3.09. The number of hydrogen-bond acceptors (Lipinski definition) is 2. The topological polar surface area (TPSA) is 32.3 Å². The lowest BCUT2D eigenvalue weighted by atomic mass is 10.0. The summed E-state index contributed by atoms with van der Waals surface area (Å²) in [6.45, 7) is 5.96. The van der Waals surface area contributed by atoms with Crippen molar-refractivity contribution in [1.82, 2.24) is 10.2 Å². The van der Waals surface area contributed by atoms with Crippen LogP contribution in [0.1, 0.15) is 46.0 Å². The van der Waals surface area contributed by atoms with Crippen molar-refractivity contribution in [1.29, 1.82) is 0 Å². The fraction of sp³-hybridized carbons (Fsp3) is 0.923. The van der Waals surface area contributed by atoms with Crippen molar-refractivity contribution in [2.45, 2.75) is 52.0 Å². The molecular formula is C13H27ClN2O. The molecule has 0 spiro atoms. The van der Waals surface area contributed by atoms with Gasteiger partial charge in [0.1, 0.15) is 0 Å². The summed E-state index contributed by atoms with van der Waals surface area (Å²) in [5.74, 6) is 0.445. The molecule has 0 saturated carbocycles. The molecule has 0 radical (unpaired) electrons. The number of carbonyl (C=O) groups excluding carboxylic acids is 1. The first-order valence-electron chi connectivity index (χ1n) is 6.65. The highest BCUT2D eigenvalue weighted by molar-refractivity contribution is 5.85. The lowest BCUT2D eigenvalue weighted by molar-refractivity contribution is -0.137. The number of hydrogen-bond donors (Lipinski definition) is 1. The molecule has 1 amide bonds. The van der Waals surface area contributed by atoms with Gasteiger partial charge in [0.2, 0.25) is 5.91 Å². The summed E-state index contributed by atoms with van der Waals surface area (Å²) in [7, 11) is 1.91. The van der Waals surface area contributed by atoms with Crippen LogP contribution in [0.25, 0.3) is 0 Å². The summed E-state index contributed by atoms with van der Waals surface area (Å²) >= 11 is 0. The highest BCUT2D eigenvalue weighted by atomic mass is 35.5. The molecule has 0 aliphatic carbocycles. The van der Waals surface area contributed by atoms with Crippen molar-refractivity contribution < 1.29 is 4.79 Å². The first-order valence-corrected chi connectivity index (χ1v) is 6.65. The molecule has 1 fully saturated rings. The van der Waals surface area contributed by atoms with Crippen LogP contribution in [0, 0.1) is 5.92 Å². The highest BCUT2D eigenvalue weighted by Crippen LogP contribution is 2.20. The maximum absolute atomic E-state index is 12.3. The molecule has 3 nitrogen and oxygen atoms in total. The van der Waals surface area contributed by atoms with Crippen molar-refractivity contribution >= 4 is 18.3 Å². The zero-order valence-corrected chi connectivity index (χ0v) is 12.2. The van der Waals surface area contributed by atoms with Crippen molar-refractivity contribution in [2.75, 3.05) is 20.1 Å². The van der Waals surface area contributed by atoms with E-state index in [0.717, 1.165) is 19.5 Å². The second-order valence-electron chi connectivity index (χ2n) is 4.90. The Morgan fingerprint density at radius 2 is 2.12 bits per heavy atom. The maximum Gasteiger partial charge on any atom is 0.226 e. The lowest BCUT2D eigenvalue weighted by Gasteiger charge is -2.31. The van der Waals surface area contributed by atoms with Gasteiger partial charge in [0.25, 0.3) is 0 Å². The van der Waals surface area contributed by atoms with E-state index in [2.05, 4.69) is 17.1 Å². The van der Waals surface area contributed by atoms with Gasteiger partial charge in [-0.25, -0.2) is 0 Å². The van der Waals surface area contributed by atoms with Gasteiger partial charge in [0.05, 0.1) is 0 Å². The summed E-state index contributed by atoms with van der Waals surface area (Å²) in [4.78, 5) is 14.4. The Balaban J connectivity index is 0.00000256. The van der Waals surface area contributed by atoms with Crippen molar-refractivity contribution in [3.8, 4) is 0 Å². The average molecular weight is 263 g/mol. The molecule has 1 saturated heterocycles. The molecule has 0 aromatic rings. The van der Waals surface area contributed by atoms with Crippen LogP contribution in [0.4, 0.5) is 0 Å². The highest BCUT2D eigenvalue weighted by Gasteiger charge is 2.26. The third-order valence-electron chi connectivity index (χ3n) is 3.56. The Hall–Kier alpha value is -0.280. The summed E-state index contributed by atoms with van der Waals surface area (Å²) < 4.78 is 0. The molecule has 1 aliphatic rings. The zero-order chi connectivity index (χ0) is 12.0. The minimum absolute atomic E-state index is 0. The van der Waals surface area contributed by atoms with E-state index in [9.17, 15) is 4.79 Å². The van der Waals surface area contributed by atoms with Crippen molar-refractivity contribution in [3.63, 3.8) is 0 Å². The summed E-state index contributed by atoms with van der Waals surface area (Å²) in [5.41, 5.74) is 0. The van der Waals surface area contributed by atoms with E-state index < -0.39 is 0 Å². The standard InChI is InChI=1S/C13H26N2O.ClH/c1-4-12-8-6-5-7-9-15(12)13(16)11(2)10-14-3;/h11-12,14H,4-10H2,1-3H3;1H. The maximum atomic E-state index is 12.3. The second-order valence-corrected chi connectivity index (χ2v) is 4.90. The molecule has 1 aliphatic heterocycles. The largest absolute Gasteiger partial charge is 0.339 e. The number of carbonyl (C=O) groups is 1. The van der Waals surface area contributed by atoms with Gasteiger partial charge in [-0.1, -0.05) is 26.7 Å². The van der Waals surface area contributed by atoms with E-state index in [-0.39, 0.29) is 18.3 Å². The minimum atomic E-state index is 0. The van der Waals surface area contributed by atoms with Gasteiger partial charge in [-0.05, 0) is 26.3 Å². The first kappa shape index (κ1) is 16.7. The van der Waals surface area contributed by atoms with Gasteiger partial charge in [0, 0.05) is 25.0 Å². The minimum Gasteiger partial charge on any atom is -0.339 e. The van der Waals surface area contributed by atoms with E-state index in [0.29, 0.717) is 11.9 Å². The Labute approximate surface area is 112 Å². The molecule has 102 valence electrons. The van der Waals surface area contributed by atoms with Crippen LogP contribution >= 0.6 is 12.4 Å². The molecule has 1 heterocycles.